The van der Waals surface area contributed by atoms with Crippen LogP contribution in [-0.4, -0.2) is 18.4 Å². The van der Waals surface area contributed by atoms with E-state index in [0.717, 1.165) is 17.7 Å². The number of hydrogen-bond acceptors (Lipinski definition) is 4. The van der Waals surface area contributed by atoms with Gasteiger partial charge in [0.15, 0.2) is 0 Å². The van der Waals surface area contributed by atoms with Crippen molar-refractivity contribution in [2.75, 3.05) is 12.0 Å². The van der Waals surface area contributed by atoms with E-state index < -0.39 is 17.7 Å². The summed E-state index contributed by atoms with van der Waals surface area (Å²) in [6.07, 6.45) is -4.46. The third-order valence-electron chi connectivity index (χ3n) is 3.59. The average Bonchev–Trinajstić information content (AvgIpc) is 2.65. The Bertz CT molecular complexity index is 792. The third-order valence-corrected chi connectivity index (χ3v) is 3.59. The van der Waals surface area contributed by atoms with Crippen molar-refractivity contribution in [3.8, 4) is 0 Å². The first kappa shape index (κ1) is 20.3. The first-order valence-corrected chi connectivity index (χ1v) is 8.30. The molecule has 0 aliphatic heterocycles. The molecular weight excluding hydrogens is 359 g/mol. The van der Waals surface area contributed by atoms with Gasteiger partial charge in [-0.2, -0.15) is 13.2 Å². The molecule has 0 heterocycles. The molecule has 0 aliphatic rings. The summed E-state index contributed by atoms with van der Waals surface area (Å²) in [6, 6.07) is 13.5. The second kappa shape index (κ2) is 9.07. The Morgan fingerprint density at radius 2 is 1.85 bits per heavy atom. The van der Waals surface area contributed by atoms with Crippen LogP contribution in [-0.2, 0) is 15.7 Å². The number of anilines is 1. The fourth-order valence-electron chi connectivity index (χ4n) is 2.24. The second-order valence-corrected chi connectivity index (χ2v) is 5.61. The van der Waals surface area contributed by atoms with E-state index in [1.165, 1.54) is 12.1 Å². The molecule has 0 unspecified atom stereocenters. The summed E-state index contributed by atoms with van der Waals surface area (Å²) in [7, 11) is 0. The quantitative estimate of drug-likeness (QED) is 0.351. The predicted octanol–water partition coefficient (Wildman–Crippen LogP) is 4.34. The number of hydrazine groups is 1. The van der Waals surface area contributed by atoms with Crippen molar-refractivity contribution in [3.63, 3.8) is 0 Å². The lowest BCUT2D eigenvalue weighted by Crippen LogP contribution is -2.37. The Hall–Kier alpha value is -3.03. The standard InChI is InChI=1S/C19H20F3N3O2/c1-3-27-18(26)17(23-13(2)14-8-5-4-6-9-14)25-24-16-11-7-10-15(12-16)19(20,21)22/h4-13,24H,3H2,1-2H3,(H,23,25)/t13-/m1/s1. The molecule has 144 valence electrons. The summed E-state index contributed by atoms with van der Waals surface area (Å²) in [5.41, 5.74) is 5.33. The number of nitrogens with zero attached hydrogens (tertiary/aromatic N) is 1. The van der Waals surface area contributed by atoms with Crippen LogP contribution in [0.4, 0.5) is 18.9 Å². The zero-order valence-electron chi connectivity index (χ0n) is 14.9. The van der Waals surface area contributed by atoms with Crippen LogP contribution < -0.4 is 10.9 Å². The summed E-state index contributed by atoms with van der Waals surface area (Å²) in [5, 5.41) is 0. The van der Waals surface area contributed by atoms with E-state index in [9.17, 15) is 18.0 Å². The van der Waals surface area contributed by atoms with Crippen molar-refractivity contribution in [1.82, 2.24) is 5.43 Å². The van der Waals surface area contributed by atoms with E-state index in [0.29, 0.717) is 0 Å². The van der Waals surface area contributed by atoms with E-state index in [1.807, 2.05) is 30.3 Å². The molecule has 2 aromatic rings. The minimum Gasteiger partial charge on any atom is -0.460 e. The van der Waals surface area contributed by atoms with Gasteiger partial charge in [0.2, 0.25) is 5.84 Å². The normalized spacial score (nSPS) is 13.0. The number of carbonyl (C=O) groups is 1. The highest BCUT2D eigenvalue weighted by atomic mass is 19.4. The zero-order valence-corrected chi connectivity index (χ0v) is 14.9. The number of alkyl halides is 3. The molecule has 0 radical (unpaired) electrons. The monoisotopic (exact) mass is 379 g/mol. The molecule has 0 amide bonds. The molecule has 0 bridgehead atoms. The van der Waals surface area contributed by atoms with Gasteiger partial charge >= 0.3 is 12.1 Å². The zero-order chi connectivity index (χ0) is 19.9. The maximum absolute atomic E-state index is 12.8. The van der Waals surface area contributed by atoms with Crippen LogP contribution in [0.2, 0.25) is 0 Å². The largest absolute Gasteiger partial charge is 0.460 e. The van der Waals surface area contributed by atoms with Crippen LogP contribution in [0, 0.1) is 0 Å². The number of rotatable bonds is 5. The van der Waals surface area contributed by atoms with Gasteiger partial charge in [0.25, 0.3) is 0 Å². The van der Waals surface area contributed by atoms with Crippen molar-refractivity contribution in [1.29, 1.82) is 0 Å². The second-order valence-electron chi connectivity index (χ2n) is 5.61. The van der Waals surface area contributed by atoms with Crippen LogP contribution >= 0.6 is 0 Å². The Morgan fingerprint density at radius 3 is 2.48 bits per heavy atom. The maximum atomic E-state index is 12.8. The SMILES string of the molecule is CCOC(=O)C(=N[C@H](C)c1ccccc1)NNc1cccc(C(F)(F)F)c1. The van der Waals surface area contributed by atoms with Gasteiger partial charge in [0, 0.05) is 0 Å². The van der Waals surface area contributed by atoms with Gasteiger partial charge in [0.1, 0.15) is 0 Å². The number of aliphatic imine (C=N–C) groups is 1. The van der Waals surface area contributed by atoms with Crippen LogP contribution in [0.3, 0.4) is 0 Å². The van der Waals surface area contributed by atoms with Crippen LogP contribution in [0.15, 0.2) is 59.6 Å². The van der Waals surface area contributed by atoms with Gasteiger partial charge in [-0.25, -0.2) is 4.79 Å². The highest BCUT2D eigenvalue weighted by Crippen LogP contribution is 2.30. The molecule has 27 heavy (non-hydrogen) atoms. The lowest BCUT2D eigenvalue weighted by molar-refractivity contribution is -0.137. The van der Waals surface area contributed by atoms with Crippen molar-refractivity contribution in [3.05, 3.63) is 65.7 Å². The summed E-state index contributed by atoms with van der Waals surface area (Å²) >= 11 is 0. The Balaban J connectivity index is 2.18. The van der Waals surface area contributed by atoms with Gasteiger partial charge < -0.3 is 4.74 Å². The third kappa shape index (κ3) is 6.02. The van der Waals surface area contributed by atoms with Crippen LogP contribution in [0.5, 0.6) is 0 Å². The lowest BCUT2D eigenvalue weighted by atomic mass is 10.1. The number of esters is 1. The molecule has 2 rings (SSSR count). The van der Waals surface area contributed by atoms with Crippen molar-refractivity contribution in [2.24, 2.45) is 4.99 Å². The van der Waals surface area contributed by atoms with E-state index in [1.54, 1.807) is 13.8 Å². The summed E-state index contributed by atoms with van der Waals surface area (Å²) in [4.78, 5) is 16.4. The molecule has 0 saturated heterocycles. The number of nitrogens with one attached hydrogen (secondary N) is 2. The van der Waals surface area contributed by atoms with Gasteiger partial charge in [0.05, 0.1) is 23.9 Å². The fourth-order valence-corrected chi connectivity index (χ4v) is 2.24. The van der Waals surface area contributed by atoms with Crippen molar-refractivity contribution in [2.45, 2.75) is 26.1 Å². The molecular formula is C19H20F3N3O2. The number of ether oxygens (including phenoxy) is 1. The Kier molecular flexibility index (Phi) is 6.81. The first-order valence-electron chi connectivity index (χ1n) is 8.30. The molecule has 0 aliphatic carbocycles. The van der Waals surface area contributed by atoms with Crippen LogP contribution in [0.25, 0.3) is 0 Å². The molecule has 8 heteroatoms. The van der Waals surface area contributed by atoms with Crippen molar-refractivity contribution >= 4 is 17.5 Å². The first-order chi connectivity index (χ1) is 12.8. The minimum atomic E-state index is -4.46. The number of hydrogen-bond donors (Lipinski definition) is 2. The number of benzene rings is 2. The number of carbonyl (C=O) groups excluding carboxylic acids is 1. The summed E-state index contributed by atoms with van der Waals surface area (Å²) < 4.78 is 43.4. The van der Waals surface area contributed by atoms with Crippen molar-refractivity contribution < 1.29 is 22.7 Å². The molecule has 2 aromatic carbocycles. The van der Waals surface area contributed by atoms with Gasteiger partial charge in [-0.1, -0.05) is 36.4 Å². The summed E-state index contributed by atoms with van der Waals surface area (Å²) in [6.45, 7) is 3.58. The van der Waals surface area contributed by atoms with E-state index >= 15 is 0 Å². The average molecular weight is 379 g/mol. The Labute approximate surface area is 155 Å². The summed E-state index contributed by atoms with van der Waals surface area (Å²) in [5.74, 6) is -0.842. The van der Waals surface area contributed by atoms with Gasteiger partial charge in [-0.15, -0.1) is 0 Å². The minimum absolute atomic E-state index is 0.134. The number of halogens is 3. The molecule has 0 spiro atoms. The van der Waals surface area contributed by atoms with Gasteiger partial charge in [-0.05, 0) is 37.6 Å². The predicted molar refractivity (Wildman–Crippen MR) is 97.1 cm³/mol. The van der Waals surface area contributed by atoms with E-state index in [-0.39, 0.29) is 24.2 Å². The molecule has 5 nitrogen and oxygen atoms in total. The van der Waals surface area contributed by atoms with E-state index in [4.69, 9.17) is 4.74 Å². The molecule has 2 N–H and O–H groups in total. The molecule has 0 saturated carbocycles. The highest BCUT2D eigenvalue weighted by Gasteiger charge is 2.30. The molecule has 1 atom stereocenters. The highest BCUT2D eigenvalue weighted by molar-refractivity contribution is 6.35. The maximum Gasteiger partial charge on any atom is 0.416 e. The van der Waals surface area contributed by atoms with Crippen LogP contribution in [0.1, 0.15) is 31.0 Å². The fraction of sp³-hybridized carbons (Fsp3) is 0.263. The lowest BCUT2D eigenvalue weighted by Gasteiger charge is -2.15. The van der Waals surface area contributed by atoms with Gasteiger partial charge in [-0.3, -0.25) is 15.8 Å². The smallest absolute Gasteiger partial charge is 0.416 e. The Morgan fingerprint density at radius 1 is 1.15 bits per heavy atom. The van der Waals surface area contributed by atoms with E-state index in [2.05, 4.69) is 15.8 Å². The topological polar surface area (TPSA) is 62.7 Å². The molecule has 0 fully saturated rings. The number of amidine groups is 1. The molecule has 0 aromatic heterocycles.